The van der Waals surface area contributed by atoms with Crippen molar-refractivity contribution >= 4 is 12.1 Å². The molecule has 0 fully saturated rings. The molecule has 0 radical (unpaired) electrons. The predicted molar refractivity (Wildman–Crippen MR) is 121 cm³/mol. The second-order valence-corrected chi connectivity index (χ2v) is 7.43. The zero-order valence-corrected chi connectivity index (χ0v) is 18.2. The molecular weight excluding hydrogens is 408 g/mol. The lowest BCUT2D eigenvalue weighted by molar-refractivity contribution is -0.129. The summed E-state index contributed by atoms with van der Waals surface area (Å²) in [4.78, 5) is 26.8. The van der Waals surface area contributed by atoms with E-state index in [2.05, 4.69) is 32.2 Å². The molecule has 32 heavy (non-hydrogen) atoms. The van der Waals surface area contributed by atoms with Crippen molar-refractivity contribution in [3.05, 3.63) is 47.2 Å². The minimum absolute atomic E-state index is 0.0164. The number of hydrogen-bond donors (Lipinski definition) is 1. The number of aromatic nitrogens is 3. The Kier molecular flexibility index (Phi) is 6.55. The minimum atomic E-state index is -0.0164. The van der Waals surface area contributed by atoms with Crippen LogP contribution in [0.3, 0.4) is 0 Å². The zero-order chi connectivity index (χ0) is 22.5. The van der Waals surface area contributed by atoms with Gasteiger partial charge in [-0.05, 0) is 43.0 Å². The molecule has 9 heteroatoms. The molecule has 1 aliphatic rings. The van der Waals surface area contributed by atoms with Crippen LogP contribution in [-0.4, -0.2) is 65.4 Å². The number of amides is 1. The molecule has 0 bridgehead atoms. The Balaban J connectivity index is 1.58. The first-order valence-corrected chi connectivity index (χ1v) is 10.6. The van der Waals surface area contributed by atoms with E-state index in [9.17, 15) is 4.79 Å². The van der Waals surface area contributed by atoms with E-state index in [1.165, 1.54) is 11.1 Å². The molecule has 0 aliphatic carbocycles. The molecule has 0 saturated heterocycles. The highest BCUT2D eigenvalue weighted by Crippen LogP contribution is 2.27. The zero-order valence-electron chi connectivity index (χ0n) is 18.2. The van der Waals surface area contributed by atoms with Crippen LogP contribution in [0.15, 0.2) is 40.0 Å². The predicted octanol–water partition coefficient (Wildman–Crippen LogP) is 2.13. The highest BCUT2D eigenvalue weighted by molar-refractivity contribution is 5.84. The standard InChI is InChI=1S/C23H26N6O3/c1-3-31-22-18(13-25-2)11-19(14-26-22)23-27-21(28-32-23)17-5-4-15-6-8-29(20(30)12-24)9-7-16(15)10-17/h4-5,10-11,13-14H,3,6-9,12,24H2,1-2H3. The van der Waals surface area contributed by atoms with Crippen LogP contribution in [0, 0.1) is 0 Å². The first-order chi connectivity index (χ1) is 15.6. The van der Waals surface area contributed by atoms with Gasteiger partial charge in [0.05, 0.1) is 24.3 Å². The monoisotopic (exact) mass is 434 g/mol. The molecule has 0 unspecified atom stereocenters. The smallest absolute Gasteiger partial charge is 0.259 e. The Hall–Kier alpha value is -3.59. The first-order valence-electron chi connectivity index (χ1n) is 10.6. The average Bonchev–Trinajstić information content (AvgIpc) is 3.21. The second kappa shape index (κ2) is 9.69. The quantitative estimate of drug-likeness (QED) is 0.590. The van der Waals surface area contributed by atoms with E-state index < -0.39 is 0 Å². The largest absolute Gasteiger partial charge is 0.477 e. The van der Waals surface area contributed by atoms with E-state index in [-0.39, 0.29) is 12.5 Å². The van der Waals surface area contributed by atoms with Gasteiger partial charge >= 0.3 is 0 Å². The maximum Gasteiger partial charge on any atom is 0.259 e. The molecule has 3 heterocycles. The molecule has 9 nitrogen and oxygen atoms in total. The van der Waals surface area contributed by atoms with Crippen molar-refractivity contribution in [1.29, 1.82) is 0 Å². The lowest BCUT2D eigenvalue weighted by Gasteiger charge is -2.18. The average molecular weight is 435 g/mol. The third kappa shape index (κ3) is 4.52. The fourth-order valence-electron chi connectivity index (χ4n) is 3.78. The third-order valence-electron chi connectivity index (χ3n) is 5.39. The Morgan fingerprint density at radius 3 is 2.81 bits per heavy atom. The number of pyridine rings is 1. The van der Waals surface area contributed by atoms with Crippen molar-refractivity contribution in [2.45, 2.75) is 19.8 Å². The number of rotatable bonds is 6. The van der Waals surface area contributed by atoms with Crippen LogP contribution < -0.4 is 10.5 Å². The molecule has 2 aromatic heterocycles. The third-order valence-corrected chi connectivity index (χ3v) is 5.39. The van der Waals surface area contributed by atoms with Gasteiger partial charge in [-0.1, -0.05) is 17.3 Å². The number of aliphatic imine (C=N–C) groups is 1. The van der Waals surface area contributed by atoms with E-state index in [1.54, 1.807) is 19.5 Å². The van der Waals surface area contributed by atoms with Crippen LogP contribution in [0.5, 0.6) is 5.88 Å². The van der Waals surface area contributed by atoms with Gasteiger partial charge in [0, 0.05) is 38.1 Å². The molecule has 1 amide bonds. The summed E-state index contributed by atoms with van der Waals surface area (Å²) in [5.74, 6) is 1.37. The van der Waals surface area contributed by atoms with Crippen molar-refractivity contribution in [1.82, 2.24) is 20.0 Å². The number of carbonyl (C=O) groups excluding carboxylic acids is 1. The van der Waals surface area contributed by atoms with Crippen LogP contribution in [0.4, 0.5) is 0 Å². The summed E-state index contributed by atoms with van der Waals surface area (Å²) >= 11 is 0. The highest BCUT2D eigenvalue weighted by atomic mass is 16.5. The Morgan fingerprint density at radius 1 is 1.25 bits per heavy atom. The van der Waals surface area contributed by atoms with Crippen molar-refractivity contribution in [2.24, 2.45) is 10.7 Å². The topological polar surface area (TPSA) is 120 Å². The van der Waals surface area contributed by atoms with Crippen LogP contribution in [0.1, 0.15) is 23.6 Å². The summed E-state index contributed by atoms with van der Waals surface area (Å²) in [6.07, 6.45) is 4.90. The number of carbonyl (C=O) groups is 1. The van der Waals surface area contributed by atoms with E-state index in [0.717, 1.165) is 24.0 Å². The minimum Gasteiger partial charge on any atom is -0.477 e. The fourth-order valence-corrected chi connectivity index (χ4v) is 3.78. The first kappa shape index (κ1) is 21.6. The van der Waals surface area contributed by atoms with Crippen LogP contribution in [-0.2, 0) is 17.6 Å². The summed E-state index contributed by atoms with van der Waals surface area (Å²) in [6.45, 7) is 3.80. The summed E-state index contributed by atoms with van der Waals surface area (Å²) in [6, 6.07) is 8.00. The maximum atomic E-state index is 12.0. The molecule has 0 saturated carbocycles. The number of nitrogens with zero attached hydrogens (tertiary/aromatic N) is 5. The van der Waals surface area contributed by atoms with Gasteiger partial charge in [-0.15, -0.1) is 0 Å². The van der Waals surface area contributed by atoms with E-state index in [0.29, 0.717) is 42.9 Å². The second-order valence-electron chi connectivity index (χ2n) is 7.43. The van der Waals surface area contributed by atoms with Gasteiger partial charge in [0.2, 0.25) is 17.6 Å². The summed E-state index contributed by atoms with van der Waals surface area (Å²) < 4.78 is 11.1. The molecule has 1 aliphatic heterocycles. The van der Waals surface area contributed by atoms with Crippen molar-refractivity contribution in [3.8, 4) is 28.7 Å². The Morgan fingerprint density at radius 2 is 2.06 bits per heavy atom. The summed E-state index contributed by atoms with van der Waals surface area (Å²) in [5.41, 5.74) is 10.2. The van der Waals surface area contributed by atoms with Crippen LogP contribution in [0.2, 0.25) is 0 Å². The van der Waals surface area contributed by atoms with E-state index >= 15 is 0 Å². The molecule has 3 aromatic rings. The summed E-state index contributed by atoms with van der Waals surface area (Å²) in [7, 11) is 1.69. The van der Waals surface area contributed by atoms with Crippen molar-refractivity contribution in [2.75, 3.05) is 33.3 Å². The molecule has 0 spiro atoms. The van der Waals surface area contributed by atoms with E-state index in [1.807, 2.05) is 24.0 Å². The Bertz CT molecular complexity index is 1140. The molecule has 1 aromatic carbocycles. The van der Waals surface area contributed by atoms with E-state index in [4.69, 9.17) is 15.0 Å². The normalized spacial score (nSPS) is 13.8. The highest BCUT2D eigenvalue weighted by Gasteiger charge is 2.19. The number of ether oxygens (including phenoxy) is 1. The Labute approximate surface area is 186 Å². The van der Waals surface area contributed by atoms with Crippen LogP contribution >= 0.6 is 0 Å². The molecular formula is C23H26N6O3. The van der Waals surface area contributed by atoms with Gasteiger partial charge in [0.1, 0.15) is 0 Å². The van der Waals surface area contributed by atoms with Gasteiger partial charge in [-0.25, -0.2) is 4.98 Å². The lowest BCUT2D eigenvalue weighted by Crippen LogP contribution is -2.37. The number of fused-ring (bicyclic) bond motifs is 1. The lowest BCUT2D eigenvalue weighted by atomic mass is 10.00. The fraction of sp³-hybridized carbons (Fsp3) is 0.348. The summed E-state index contributed by atoms with van der Waals surface area (Å²) in [5, 5.41) is 4.17. The number of nitrogens with two attached hydrogens (primary N) is 1. The van der Waals surface area contributed by atoms with Gasteiger partial charge in [-0.3, -0.25) is 9.79 Å². The molecule has 2 N–H and O–H groups in total. The van der Waals surface area contributed by atoms with Crippen molar-refractivity contribution in [3.63, 3.8) is 0 Å². The molecule has 166 valence electrons. The van der Waals surface area contributed by atoms with Crippen molar-refractivity contribution < 1.29 is 14.1 Å². The van der Waals surface area contributed by atoms with Gasteiger partial charge in [-0.2, -0.15) is 4.98 Å². The SMILES string of the molecule is CCOc1ncc(-c2nc(-c3ccc4c(c3)CCN(C(=O)CN)CC4)no2)cc1C=NC. The number of hydrogen-bond acceptors (Lipinski definition) is 8. The van der Waals surface area contributed by atoms with Gasteiger partial charge < -0.3 is 19.9 Å². The van der Waals surface area contributed by atoms with Crippen LogP contribution in [0.25, 0.3) is 22.8 Å². The van der Waals surface area contributed by atoms with Gasteiger partial charge in [0.15, 0.2) is 0 Å². The maximum absolute atomic E-state index is 12.0. The molecule has 0 atom stereocenters. The molecule has 4 rings (SSSR count). The van der Waals surface area contributed by atoms with Gasteiger partial charge in [0.25, 0.3) is 5.89 Å². The number of benzene rings is 1.